The van der Waals surface area contributed by atoms with Crippen LogP contribution >= 0.6 is 0 Å². The van der Waals surface area contributed by atoms with Crippen LogP contribution < -0.4 is 0 Å². The van der Waals surface area contributed by atoms with E-state index in [2.05, 4.69) is 60.2 Å². The van der Waals surface area contributed by atoms with Crippen molar-refractivity contribution in [3.63, 3.8) is 0 Å². The van der Waals surface area contributed by atoms with Crippen LogP contribution in [-0.4, -0.2) is 4.57 Å². The third-order valence-electron chi connectivity index (χ3n) is 3.02. The van der Waals surface area contributed by atoms with E-state index in [-0.39, 0.29) is 0 Å². The van der Waals surface area contributed by atoms with E-state index in [1.165, 1.54) is 21.7 Å². The monoisotopic (exact) mass is 195 g/mol. The lowest BCUT2D eigenvalue weighted by Gasteiger charge is -2.02. The maximum absolute atomic E-state index is 2.28. The van der Waals surface area contributed by atoms with Crippen molar-refractivity contribution < 1.29 is 0 Å². The summed E-state index contributed by atoms with van der Waals surface area (Å²) < 4.78 is 2.28. The molecule has 1 heterocycles. The van der Waals surface area contributed by atoms with Crippen LogP contribution in [0.5, 0.6) is 0 Å². The molecule has 0 bridgehead atoms. The van der Waals surface area contributed by atoms with Crippen LogP contribution in [0.25, 0.3) is 21.7 Å². The summed E-state index contributed by atoms with van der Waals surface area (Å²) in [6.45, 7) is 3.20. The first-order chi connectivity index (χ1) is 7.40. The minimum absolute atomic E-state index is 1.03. The van der Waals surface area contributed by atoms with Gasteiger partial charge in [0.2, 0.25) is 0 Å². The van der Waals surface area contributed by atoms with Crippen LogP contribution in [0, 0.1) is 0 Å². The van der Waals surface area contributed by atoms with Crippen LogP contribution in [0.15, 0.2) is 48.7 Å². The number of hydrogen-bond donors (Lipinski definition) is 0. The molecule has 3 rings (SSSR count). The molecule has 1 nitrogen and oxygen atoms in total. The maximum Gasteiger partial charge on any atom is 0.0486 e. The standard InChI is InChI=1S/C14H13N/c1-2-15-10-9-13-12-6-4-3-5-11(12)7-8-14(13)15/h3-10H,2H2,1H3. The molecule has 0 N–H and O–H groups in total. The normalized spacial score (nSPS) is 11.3. The molecule has 74 valence electrons. The number of nitrogens with zero attached hydrogens (tertiary/aromatic N) is 1. The average molecular weight is 195 g/mol. The van der Waals surface area contributed by atoms with Gasteiger partial charge >= 0.3 is 0 Å². The summed E-state index contributed by atoms with van der Waals surface area (Å²) in [6.07, 6.45) is 2.16. The number of hydrogen-bond acceptors (Lipinski definition) is 0. The number of aryl methyl sites for hydroxylation is 1. The average Bonchev–Trinajstić information content (AvgIpc) is 2.72. The van der Waals surface area contributed by atoms with Crippen molar-refractivity contribution in [2.24, 2.45) is 0 Å². The highest BCUT2D eigenvalue weighted by atomic mass is 14.9. The molecule has 0 amide bonds. The number of rotatable bonds is 1. The van der Waals surface area contributed by atoms with E-state index >= 15 is 0 Å². The Kier molecular flexibility index (Phi) is 1.78. The van der Waals surface area contributed by atoms with Gasteiger partial charge < -0.3 is 4.57 Å². The van der Waals surface area contributed by atoms with E-state index in [0.29, 0.717) is 0 Å². The molecule has 0 atom stereocenters. The fourth-order valence-electron chi connectivity index (χ4n) is 2.23. The molecule has 0 saturated heterocycles. The maximum atomic E-state index is 2.28. The second-order valence-corrected chi connectivity index (χ2v) is 3.82. The summed E-state index contributed by atoms with van der Waals surface area (Å²) in [4.78, 5) is 0. The Hall–Kier alpha value is -1.76. The first-order valence-electron chi connectivity index (χ1n) is 5.37. The van der Waals surface area contributed by atoms with E-state index in [0.717, 1.165) is 6.54 Å². The van der Waals surface area contributed by atoms with Gasteiger partial charge in [-0.05, 0) is 29.8 Å². The lowest BCUT2D eigenvalue weighted by Crippen LogP contribution is -1.89. The quantitative estimate of drug-likeness (QED) is 0.556. The van der Waals surface area contributed by atoms with Gasteiger partial charge in [0.25, 0.3) is 0 Å². The summed E-state index contributed by atoms with van der Waals surface area (Å²) in [6, 6.07) is 15.2. The molecule has 0 unspecified atom stereocenters. The van der Waals surface area contributed by atoms with E-state index in [1.54, 1.807) is 0 Å². The van der Waals surface area contributed by atoms with Gasteiger partial charge in [0.05, 0.1) is 0 Å². The Balaban J connectivity index is 2.50. The van der Waals surface area contributed by atoms with Crippen LogP contribution in [0.3, 0.4) is 0 Å². The first-order valence-corrected chi connectivity index (χ1v) is 5.37. The van der Waals surface area contributed by atoms with E-state index in [1.807, 2.05) is 0 Å². The van der Waals surface area contributed by atoms with Crippen LogP contribution in [-0.2, 0) is 6.54 Å². The lowest BCUT2D eigenvalue weighted by atomic mass is 10.1. The predicted octanol–water partition coefficient (Wildman–Crippen LogP) is 3.81. The largest absolute Gasteiger partial charge is 0.348 e. The van der Waals surface area contributed by atoms with Crippen molar-refractivity contribution in [1.82, 2.24) is 4.57 Å². The van der Waals surface area contributed by atoms with Gasteiger partial charge in [-0.1, -0.05) is 30.3 Å². The molecular weight excluding hydrogens is 182 g/mol. The zero-order valence-electron chi connectivity index (χ0n) is 8.77. The molecule has 0 fully saturated rings. The predicted molar refractivity (Wildman–Crippen MR) is 65.1 cm³/mol. The topological polar surface area (TPSA) is 4.93 Å². The van der Waals surface area contributed by atoms with Gasteiger partial charge in [0.1, 0.15) is 0 Å². The van der Waals surface area contributed by atoms with Crippen molar-refractivity contribution in [3.8, 4) is 0 Å². The molecule has 1 heteroatoms. The summed E-state index contributed by atoms with van der Waals surface area (Å²) in [7, 11) is 0. The number of benzene rings is 2. The zero-order chi connectivity index (χ0) is 10.3. The molecular formula is C14H13N. The van der Waals surface area contributed by atoms with Gasteiger partial charge in [0, 0.05) is 23.6 Å². The Labute approximate surface area is 88.9 Å². The summed E-state index contributed by atoms with van der Waals surface area (Å²) in [5, 5.41) is 4.02. The van der Waals surface area contributed by atoms with Gasteiger partial charge in [-0.15, -0.1) is 0 Å². The van der Waals surface area contributed by atoms with Gasteiger partial charge in [-0.25, -0.2) is 0 Å². The SMILES string of the molecule is CCn1ccc2c3ccccc3ccc21. The summed E-state index contributed by atoms with van der Waals surface area (Å²) >= 11 is 0. The van der Waals surface area contributed by atoms with Crippen molar-refractivity contribution in [2.75, 3.05) is 0 Å². The highest BCUT2D eigenvalue weighted by molar-refractivity contribution is 6.06. The Morgan fingerprint density at radius 1 is 0.933 bits per heavy atom. The van der Waals surface area contributed by atoms with Crippen molar-refractivity contribution in [2.45, 2.75) is 13.5 Å². The molecule has 0 saturated carbocycles. The molecule has 0 aliphatic rings. The molecule has 1 aromatic heterocycles. The highest BCUT2D eigenvalue weighted by Crippen LogP contribution is 2.25. The summed E-state index contributed by atoms with van der Waals surface area (Å²) in [5.74, 6) is 0. The van der Waals surface area contributed by atoms with E-state index < -0.39 is 0 Å². The van der Waals surface area contributed by atoms with Gasteiger partial charge in [-0.3, -0.25) is 0 Å². The van der Waals surface area contributed by atoms with Crippen molar-refractivity contribution >= 4 is 21.7 Å². The lowest BCUT2D eigenvalue weighted by molar-refractivity contribution is 0.798. The minimum Gasteiger partial charge on any atom is -0.348 e. The fourth-order valence-corrected chi connectivity index (χ4v) is 2.23. The Morgan fingerprint density at radius 2 is 1.80 bits per heavy atom. The van der Waals surface area contributed by atoms with Crippen LogP contribution in [0.1, 0.15) is 6.92 Å². The van der Waals surface area contributed by atoms with Crippen molar-refractivity contribution in [1.29, 1.82) is 0 Å². The molecule has 0 aliphatic carbocycles. The zero-order valence-corrected chi connectivity index (χ0v) is 8.77. The summed E-state index contributed by atoms with van der Waals surface area (Å²) in [5.41, 5.74) is 1.33. The Bertz CT molecular complexity index is 619. The Morgan fingerprint density at radius 3 is 2.67 bits per heavy atom. The number of fused-ring (bicyclic) bond motifs is 3. The van der Waals surface area contributed by atoms with Crippen LogP contribution in [0.4, 0.5) is 0 Å². The van der Waals surface area contributed by atoms with Crippen molar-refractivity contribution in [3.05, 3.63) is 48.7 Å². The van der Waals surface area contributed by atoms with E-state index in [4.69, 9.17) is 0 Å². The smallest absolute Gasteiger partial charge is 0.0486 e. The molecule has 2 aromatic carbocycles. The molecule has 0 spiro atoms. The highest BCUT2D eigenvalue weighted by Gasteiger charge is 2.02. The fraction of sp³-hybridized carbons (Fsp3) is 0.143. The molecule has 0 aliphatic heterocycles. The minimum atomic E-state index is 1.03. The van der Waals surface area contributed by atoms with Gasteiger partial charge in [0.15, 0.2) is 0 Å². The molecule has 0 radical (unpaired) electrons. The van der Waals surface area contributed by atoms with Gasteiger partial charge in [-0.2, -0.15) is 0 Å². The second-order valence-electron chi connectivity index (χ2n) is 3.82. The third-order valence-corrected chi connectivity index (χ3v) is 3.02. The molecule has 3 aromatic rings. The first kappa shape index (κ1) is 8.54. The van der Waals surface area contributed by atoms with E-state index in [9.17, 15) is 0 Å². The number of aromatic nitrogens is 1. The molecule has 15 heavy (non-hydrogen) atoms. The van der Waals surface area contributed by atoms with Crippen LogP contribution in [0.2, 0.25) is 0 Å². The second kappa shape index (κ2) is 3.13. The third kappa shape index (κ3) is 1.16.